The first-order valence-corrected chi connectivity index (χ1v) is 18.9. The van der Waals surface area contributed by atoms with E-state index in [1.807, 2.05) is 36.4 Å². The molecule has 42 heavy (non-hydrogen) atoms. The summed E-state index contributed by atoms with van der Waals surface area (Å²) in [5, 5.41) is 12.2. The zero-order valence-corrected chi connectivity index (χ0v) is 28.3. The topological polar surface area (TPSA) is 46.0 Å². The number of nitrogens with zero attached hydrogens (tertiary/aromatic N) is 2. The largest absolute Gasteiger partial charge is 0.393 e. The lowest BCUT2D eigenvalue weighted by Gasteiger charge is -2.58. The lowest BCUT2D eigenvalue weighted by atomic mass is 9.47. The number of hydrogen-bond acceptors (Lipinski definition) is 5. The van der Waals surface area contributed by atoms with Crippen LogP contribution in [0.5, 0.6) is 0 Å². The highest BCUT2D eigenvalue weighted by Crippen LogP contribution is 2.67. The Kier molecular flexibility index (Phi) is 10.9. The molecule has 0 saturated heterocycles. The van der Waals surface area contributed by atoms with Gasteiger partial charge in [-0.25, -0.2) is 9.97 Å². The number of aliphatic hydroxyl groups is 1. The molecule has 0 amide bonds. The number of rotatable bonds is 8. The number of aromatic nitrogens is 2. The second-order valence-electron chi connectivity index (χ2n) is 14.7. The molecule has 3 saturated carbocycles. The minimum absolute atomic E-state index is 0.0766. The van der Waals surface area contributed by atoms with Crippen LogP contribution in [0.2, 0.25) is 0 Å². The number of fused-ring (bicyclic) bond motifs is 5. The fourth-order valence-corrected chi connectivity index (χ4v) is 11.3. The van der Waals surface area contributed by atoms with E-state index in [4.69, 9.17) is 0 Å². The van der Waals surface area contributed by atoms with Crippen molar-refractivity contribution in [2.45, 2.75) is 121 Å². The van der Waals surface area contributed by atoms with Crippen LogP contribution in [0.3, 0.4) is 0 Å². The van der Waals surface area contributed by atoms with Gasteiger partial charge >= 0.3 is 0 Å². The van der Waals surface area contributed by atoms with Gasteiger partial charge in [0.25, 0.3) is 0 Å². The van der Waals surface area contributed by atoms with Crippen LogP contribution in [0.4, 0.5) is 0 Å². The third-order valence-corrected chi connectivity index (χ3v) is 13.9. The molecule has 0 aliphatic heterocycles. The maximum absolute atomic E-state index is 10.2. The summed E-state index contributed by atoms with van der Waals surface area (Å²) in [5.74, 6) is 5.46. The van der Waals surface area contributed by atoms with Gasteiger partial charge in [0, 0.05) is 12.4 Å². The van der Waals surface area contributed by atoms with Gasteiger partial charge in [0.2, 0.25) is 0 Å². The Balaban J connectivity index is 0.000000211. The molecule has 0 bridgehead atoms. The predicted molar refractivity (Wildman–Crippen MR) is 179 cm³/mol. The van der Waals surface area contributed by atoms with Crippen molar-refractivity contribution in [2.75, 3.05) is 0 Å². The van der Waals surface area contributed by atoms with E-state index in [-0.39, 0.29) is 6.10 Å². The molecule has 2 heterocycles. The van der Waals surface area contributed by atoms with E-state index < -0.39 is 0 Å². The fourth-order valence-electron chi connectivity index (χ4n) is 9.54. The predicted octanol–water partition coefficient (Wildman–Crippen LogP) is 10.7. The summed E-state index contributed by atoms with van der Waals surface area (Å²) in [4.78, 5) is 8.42. The van der Waals surface area contributed by atoms with Gasteiger partial charge in [0.15, 0.2) is 0 Å². The van der Waals surface area contributed by atoms with E-state index in [1.165, 1.54) is 57.8 Å². The van der Waals surface area contributed by atoms with Gasteiger partial charge < -0.3 is 5.11 Å². The molecule has 0 spiro atoms. The fraction of sp³-hybridized carbons (Fsp3) is 0.676. The maximum atomic E-state index is 10.2. The Morgan fingerprint density at radius 1 is 0.857 bits per heavy atom. The first kappa shape index (κ1) is 32.1. The number of aliphatic hydroxyl groups excluding tert-OH is 1. The van der Waals surface area contributed by atoms with E-state index in [0.717, 1.165) is 58.4 Å². The Morgan fingerprint density at radius 2 is 1.55 bits per heavy atom. The number of hydrogen-bond donors (Lipinski definition) is 1. The Hall–Kier alpha value is -1.30. The second kappa shape index (κ2) is 14.2. The van der Waals surface area contributed by atoms with Crippen LogP contribution in [0, 0.1) is 46.3 Å². The summed E-state index contributed by atoms with van der Waals surface area (Å²) in [6.07, 6.45) is 20.7. The highest BCUT2D eigenvalue weighted by Gasteiger charge is 2.59. The van der Waals surface area contributed by atoms with Crippen molar-refractivity contribution >= 4 is 21.6 Å². The molecule has 0 aromatic carbocycles. The average molecular weight is 607 g/mol. The van der Waals surface area contributed by atoms with E-state index in [2.05, 4.69) is 50.7 Å². The normalized spacial score (nSPS) is 34.4. The van der Waals surface area contributed by atoms with Crippen molar-refractivity contribution in [1.29, 1.82) is 0 Å². The van der Waals surface area contributed by atoms with Gasteiger partial charge in [-0.15, -0.1) is 0 Å². The van der Waals surface area contributed by atoms with Gasteiger partial charge in [-0.3, -0.25) is 0 Å². The third-order valence-electron chi connectivity index (χ3n) is 11.8. The molecule has 0 unspecified atom stereocenters. The van der Waals surface area contributed by atoms with Gasteiger partial charge in [-0.1, -0.05) is 77.7 Å². The molecular formula is C37H54N2OS2. The minimum Gasteiger partial charge on any atom is -0.393 e. The number of pyridine rings is 2. The van der Waals surface area contributed by atoms with Crippen LogP contribution in [0.1, 0.15) is 105 Å². The first-order valence-electron chi connectivity index (χ1n) is 16.7. The summed E-state index contributed by atoms with van der Waals surface area (Å²) in [6, 6.07) is 11.8. The highest BCUT2D eigenvalue weighted by atomic mass is 33.1. The number of allylic oxidation sites excluding steroid dienone is 1. The molecule has 3 nitrogen and oxygen atoms in total. The molecule has 230 valence electrons. The van der Waals surface area contributed by atoms with E-state index in [9.17, 15) is 5.11 Å². The average Bonchev–Trinajstić information content (AvgIpc) is 3.35. The molecule has 2 aromatic heterocycles. The maximum Gasteiger partial charge on any atom is 0.107 e. The van der Waals surface area contributed by atoms with Crippen LogP contribution < -0.4 is 0 Å². The molecule has 3 fully saturated rings. The van der Waals surface area contributed by atoms with Crippen molar-refractivity contribution in [2.24, 2.45) is 46.3 Å². The van der Waals surface area contributed by atoms with Crippen molar-refractivity contribution < 1.29 is 5.11 Å². The smallest absolute Gasteiger partial charge is 0.107 e. The Morgan fingerprint density at radius 3 is 2.17 bits per heavy atom. The third kappa shape index (κ3) is 7.15. The molecular weight excluding hydrogens is 553 g/mol. The van der Waals surface area contributed by atoms with Gasteiger partial charge in [-0.05, 0) is 144 Å². The van der Waals surface area contributed by atoms with E-state index in [0.29, 0.717) is 10.8 Å². The summed E-state index contributed by atoms with van der Waals surface area (Å²) in [6.45, 7) is 12.6. The zero-order chi connectivity index (χ0) is 29.7. The molecule has 4 aliphatic rings. The summed E-state index contributed by atoms with van der Waals surface area (Å²) in [7, 11) is 3.23. The standard InChI is InChI=1S/C27H46O.C10H8N2S2/c1-18(2)7-6-8-19(3)23-11-12-24-22-10-9-20-17-21(28)13-15-26(20,4)25(22)14-16-27(23,24)5;1-3-7-11-9(5-1)13-14-10-6-2-4-8-12-10/h9,18-19,21-25,28H,6-8,10-17H2,1-5H3;1-8H/t19-,21+,22+,23-,24+,25+,26+,27-;/m1./s1. The molecule has 4 aliphatic carbocycles. The Labute approximate surface area is 264 Å². The second-order valence-corrected chi connectivity index (χ2v) is 16.9. The molecule has 1 N–H and O–H groups in total. The minimum atomic E-state index is -0.0766. The van der Waals surface area contributed by atoms with Crippen LogP contribution in [-0.2, 0) is 0 Å². The summed E-state index contributed by atoms with van der Waals surface area (Å²) >= 11 is 0. The van der Waals surface area contributed by atoms with Crippen LogP contribution in [0.15, 0.2) is 70.5 Å². The van der Waals surface area contributed by atoms with Crippen molar-refractivity contribution in [1.82, 2.24) is 9.97 Å². The Bertz CT molecular complexity index is 1120. The van der Waals surface area contributed by atoms with Gasteiger partial charge in [0.05, 0.1) is 6.10 Å². The van der Waals surface area contributed by atoms with Crippen molar-refractivity contribution in [3.05, 3.63) is 60.4 Å². The van der Waals surface area contributed by atoms with Crippen LogP contribution >= 0.6 is 21.6 Å². The molecule has 6 rings (SSSR count). The van der Waals surface area contributed by atoms with Gasteiger partial charge in [-0.2, -0.15) is 0 Å². The lowest BCUT2D eigenvalue weighted by molar-refractivity contribution is -0.0573. The lowest BCUT2D eigenvalue weighted by Crippen LogP contribution is -2.50. The quantitative estimate of drug-likeness (QED) is 0.239. The molecule has 5 heteroatoms. The molecule has 8 atom stereocenters. The first-order chi connectivity index (χ1) is 20.2. The van der Waals surface area contributed by atoms with Crippen molar-refractivity contribution in [3.8, 4) is 0 Å². The summed E-state index contributed by atoms with van der Waals surface area (Å²) in [5.41, 5.74) is 2.60. The van der Waals surface area contributed by atoms with Gasteiger partial charge in [0.1, 0.15) is 10.1 Å². The molecule has 2 aromatic rings. The SMILES string of the molecule is CC(C)CCC[C@@H](C)[C@H]1CC[C@H]2[C@@H]3CC=C4C[C@@H](O)CC[C@]4(C)[C@H]3CC[C@]12C.c1ccc(SSc2ccccn2)nc1. The van der Waals surface area contributed by atoms with Crippen LogP contribution in [-0.4, -0.2) is 21.2 Å². The van der Waals surface area contributed by atoms with E-state index >= 15 is 0 Å². The summed E-state index contributed by atoms with van der Waals surface area (Å²) < 4.78 is 0. The zero-order valence-electron chi connectivity index (χ0n) is 26.7. The highest BCUT2D eigenvalue weighted by molar-refractivity contribution is 8.76. The monoisotopic (exact) mass is 606 g/mol. The van der Waals surface area contributed by atoms with Crippen LogP contribution in [0.25, 0.3) is 0 Å². The molecule has 0 radical (unpaired) electrons. The van der Waals surface area contributed by atoms with E-state index in [1.54, 1.807) is 39.6 Å². The van der Waals surface area contributed by atoms with Crippen molar-refractivity contribution in [3.63, 3.8) is 0 Å².